The number of fused-ring (bicyclic) bond motifs is 3. The fourth-order valence-corrected chi connectivity index (χ4v) is 4.39. The molecule has 0 unspecified atom stereocenters. The number of nitrogens with zero attached hydrogens (tertiary/aromatic N) is 8. The van der Waals surface area contributed by atoms with Crippen molar-refractivity contribution >= 4 is 29.8 Å². The molecule has 5 aromatic rings. The van der Waals surface area contributed by atoms with Gasteiger partial charge < -0.3 is 18.9 Å². The Morgan fingerprint density at radius 3 is 2.21 bits per heavy atom. The summed E-state index contributed by atoms with van der Waals surface area (Å²) in [5.74, 6) is -0.0398. The molecule has 204 valence electrons. The van der Waals surface area contributed by atoms with Gasteiger partial charge in [-0.1, -0.05) is 12.1 Å². The summed E-state index contributed by atoms with van der Waals surface area (Å²) < 4.78 is 17.0. The summed E-state index contributed by atoms with van der Waals surface area (Å²) >= 11 is 0. The van der Waals surface area contributed by atoms with Crippen molar-refractivity contribution in [2.24, 2.45) is 0 Å². The fraction of sp³-hybridized carbons (Fsp3) is 0.154. The maximum Gasteiger partial charge on any atom is 1.00 e. The van der Waals surface area contributed by atoms with E-state index in [2.05, 4.69) is 30.5 Å². The first-order chi connectivity index (χ1) is 19.4. The van der Waals surface area contributed by atoms with Crippen molar-refractivity contribution in [3.8, 4) is 29.1 Å². The molecule has 17 heteroatoms. The molecule has 0 radical (unpaired) electrons. The van der Waals surface area contributed by atoms with Gasteiger partial charge in [0.15, 0.2) is 0 Å². The van der Waals surface area contributed by atoms with Gasteiger partial charge in [0.05, 0.1) is 47.1 Å². The molecule has 0 N–H and O–H groups in total. The topological polar surface area (TPSA) is 216 Å². The van der Waals surface area contributed by atoms with Crippen LogP contribution in [0.2, 0.25) is 0 Å². The zero-order valence-electron chi connectivity index (χ0n) is 23.4. The number of nitriles is 2. The van der Waals surface area contributed by atoms with E-state index in [1.54, 1.807) is 50.2 Å². The summed E-state index contributed by atoms with van der Waals surface area (Å²) in [4.78, 5) is 66.2. The Morgan fingerprint density at radius 2 is 1.63 bits per heavy atom. The molecule has 0 fully saturated rings. The molecule has 0 aliphatic rings. The zero-order valence-corrected chi connectivity index (χ0v) is 28.3. The molecule has 0 bridgehead atoms. The third-order valence-corrected chi connectivity index (χ3v) is 6.76. The van der Waals surface area contributed by atoms with Crippen LogP contribution in [0.4, 0.5) is 0 Å². The van der Waals surface area contributed by atoms with Crippen LogP contribution in [0.1, 0.15) is 25.2 Å². The number of rotatable bonds is 6. The molecular formula is C26H17N8Na2O6P. The van der Waals surface area contributed by atoms with Gasteiger partial charge in [0, 0.05) is 24.2 Å². The van der Waals surface area contributed by atoms with Gasteiger partial charge in [-0.15, -0.1) is 0 Å². The van der Waals surface area contributed by atoms with Crippen LogP contribution in [-0.4, -0.2) is 29.1 Å². The van der Waals surface area contributed by atoms with Crippen LogP contribution in [0, 0.1) is 22.7 Å². The quantitative estimate of drug-likeness (QED) is 0.0999. The van der Waals surface area contributed by atoms with E-state index in [1.165, 1.54) is 18.6 Å². The van der Waals surface area contributed by atoms with E-state index in [4.69, 9.17) is 5.26 Å². The molecule has 4 heterocycles. The van der Waals surface area contributed by atoms with Gasteiger partial charge in [0.1, 0.15) is 18.3 Å². The van der Waals surface area contributed by atoms with Crippen molar-refractivity contribution < 1.29 is 78.0 Å². The number of aromatic nitrogens is 6. The predicted octanol–water partition coefficient (Wildman–Crippen LogP) is -4.96. The van der Waals surface area contributed by atoms with Crippen LogP contribution < -0.4 is 80.2 Å². The predicted molar refractivity (Wildman–Crippen MR) is 140 cm³/mol. The molecule has 0 saturated carbocycles. The van der Waals surface area contributed by atoms with E-state index in [-0.39, 0.29) is 87.0 Å². The van der Waals surface area contributed by atoms with E-state index < -0.39 is 31.2 Å². The maximum atomic E-state index is 13.7. The monoisotopic (exact) mass is 614 g/mol. The van der Waals surface area contributed by atoms with Crippen molar-refractivity contribution in [2.75, 3.05) is 0 Å². The van der Waals surface area contributed by atoms with Gasteiger partial charge in [-0.25, -0.2) is 24.3 Å². The minimum Gasteiger partial charge on any atom is -0.790 e. The summed E-state index contributed by atoms with van der Waals surface area (Å²) in [5.41, 5.74) is -0.574. The number of pyridine rings is 2. The van der Waals surface area contributed by atoms with Crippen LogP contribution in [0.25, 0.3) is 38.9 Å². The number of hydrogen-bond acceptors (Lipinski definition) is 12. The molecule has 0 aliphatic carbocycles. The third kappa shape index (κ3) is 6.85. The van der Waals surface area contributed by atoms with Crippen LogP contribution in [0.15, 0.2) is 64.6 Å². The second-order valence-corrected chi connectivity index (χ2v) is 10.5. The maximum absolute atomic E-state index is 13.7. The second-order valence-electron chi connectivity index (χ2n) is 9.33. The third-order valence-electron chi connectivity index (χ3n) is 6.33. The molecule has 1 aromatic carbocycles. The van der Waals surface area contributed by atoms with Crippen LogP contribution in [0.5, 0.6) is 0 Å². The Hall–Kier alpha value is -3.11. The number of phosphoric acid groups is 1. The van der Waals surface area contributed by atoms with Gasteiger partial charge in [0.25, 0.3) is 5.56 Å². The van der Waals surface area contributed by atoms with Gasteiger partial charge in [-0.2, -0.15) is 10.5 Å². The second kappa shape index (κ2) is 13.3. The first-order valence-electron chi connectivity index (χ1n) is 11.8. The number of hydrogen-bond donors (Lipinski definition) is 0. The normalized spacial score (nSPS) is 11.3. The Balaban J connectivity index is 0.00000253. The van der Waals surface area contributed by atoms with Gasteiger partial charge >= 0.3 is 64.8 Å². The molecule has 0 amide bonds. The van der Waals surface area contributed by atoms with E-state index in [0.717, 1.165) is 4.57 Å². The van der Waals surface area contributed by atoms with Crippen molar-refractivity contribution in [3.05, 3.63) is 87.2 Å². The summed E-state index contributed by atoms with van der Waals surface area (Å²) in [6, 6.07) is 13.7. The van der Waals surface area contributed by atoms with Gasteiger partial charge in [-0.05, 0) is 43.7 Å². The fourth-order valence-electron chi connectivity index (χ4n) is 4.14. The number of benzene rings is 1. The molecular weight excluding hydrogens is 597 g/mol. The van der Waals surface area contributed by atoms with Crippen LogP contribution in [0.3, 0.4) is 0 Å². The minimum atomic E-state index is -5.53. The average molecular weight is 614 g/mol. The Kier molecular flexibility index (Phi) is 10.6. The summed E-state index contributed by atoms with van der Waals surface area (Å²) in [6.07, 6.45) is 4.00. The average Bonchev–Trinajstić information content (AvgIpc) is 2.96. The van der Waals surface area contributed by atoms with Crippen molar-refractivity contribution in [2.45, 2.75) is 26.0 Å². The molecule has 0 spiro atoms. The van der Waals surface area contributed by atoms with E-state index >= 15 is 0 Å². The molecule has 0 saturated heterocycles. The first kappa shape index (κ1) is 34.4. The van der Waals surface area contributed by atoms with Gasteiger partial charge in [0.2, 0.25) is 5.82 Å². The van der Waals surface area contributed by atoms with Crippen molar-refractivity contribution in [1.82, 2.24) is 29.1 Å². The minimum absolute atomic E-state index is 0. The van der Waals surface area contributed by atoms with Crippen LogP contribution in [-0.2, 0) is 21.2 Å². The van der Waals surface area contributed by atoms with E-state index in [0.29, 0.717) is 26.9 Å². The van der Waals surface area contributed by atoms with Crippen LogP contribution >= 0.6 is 7.82 Å². The largest absolute Gasteiger partial charge is 1.00 e. The summed E-state index contributed by atoms with van der Waals surface area (Å²) in [6.45, 7) is 2.30. The Labute approximate surface area is 287 Å². The van der Waals surface area contributed by atoms with Gasteiger partial charge in [-0.3, -0.25) is 14.3 Å². The molecule has 0 atom stereocenters. The molecule has 14 nitrogen and oxygen atoms in total. The number of phosphoric ester groups is 1. The summed E-state index contributed by atoms with van der Waals surface area (Å²) in [5, 5.41) is 18.4. The zero-order chi connectivity index (χ0) is 29.5. The SMILES string of the molecule is CC(C)(C#N)c1ccc(-n2c(=O)n(COP(=O)([O-])[O-])c(=O)c3cnc4ccc(-c5cnc(C#N)nc5)nc4c32)cc1.[Na+].[Na+]. The van der Waals surface area contributed by atoms with Crippen molar-refractivity contribution in [1.29, 1.82) is 10.5 Å². The molecule has 5 rings (SSSR count). The van der Waals surface area contributed by atoms with E-state index in [1.807, 2.05) is 6.07 Å². The summed E-state index contributed by atoms with van der Waals surface area (Å²) in [7, 11) is -5.53. The Bertz CT molecular complexity index is 2100. The first-order valence-corrected chi connectivity index (χ1v) is 13.3. The molecule has 0 aliphatic heterocycles. The standard InChI is InChI=1S/C26H19N8O6P.2Na/c1-26(2,13-28)16-3-5-17(6-4-16)34-23-18(24(35)33(25(34)36)14-40-41(37,38)39)12-29-20-8-7-19(32-22(20)23)15-10-30-21(9-27)31-11-15;;/h3-8,10-12H,14H2,1-2H3,(H2,37,38,39);;/q;2*+1/p-2. The van der Waals surface area contributed by atoms with E-state index in [9.17, 15) is 29.2 Å². The Morgan fingerprint density at radius 1 is 0.977 bits per heavy atom. The molecule has 43 heavy (non-hydrogen) atoms. The smallest absolute Gasteiger partial charge is 0.790 e. The molecule has 4 aromatic heterocycles. The van der Waals surface area contributed by atoms with Crippen molar-refractivity contribution in [3.63, 3.8) is 0 Å².